The van der Waals surface area contributed by atoms with Gasteiger partial charge in [-0.3, -0.25) is 0 Å². The van der Waals surface area contributed by atoms with Crippen molar-refractivity contribution in [3.63, 3.8) is 0 Å². The second kappa shape index (κ2) is 3.17. The van der Waals surface area contributed by atoms with Crippen LogP contribution >= 0.6 is 11.6 Å². The highest BCUT2D eigenvalue weighted by molar-refractivity contribution is 6.30. The van der Waals surface area contributed by atoms with Gasteiger partial charge in [-0.2, -0.15) is 0 Å². The molecule has 0 bridgehead atoms. The maximum atomic E-state index is 13.4. The zero-order valence-electron chi connectivity index (χ0n) is 7.36. The van der Waals surface area contributed by atoms with Crippen molar-refractivity contribution >= 4 is 11.6 Å². The average molecular weight is 219 g/mol. The lowest BCUT2D eigenvalue weighted by atomic mass is 9.75. The second-order valence-electron chi connectivity index (χ2n) is 3.60. The molecule has 76 valence electrons. The molecule has 0 heterocycles. The summed E-state index contributed by atoms with van der Waals surface area (Å²) in [5.41, 5.74) is -1.63. The summed E-state index contributed by atoms with van der Waals surface area (Å²) in [6.45, 7) is 0. The van der Waals surface area contributed by atoms with Crippen LogP contribution in [0.3, 0.4) is 0 Å². The minimum atomic E-state index is -1.35. The van der Waals surface area contributed by atoms with Crippen molar-refractivity contribution in [2.24, 2.45) is 0 Å². The summed E-state index contributed by atoms with van der Waals surface area (Å²) in [5.74, 6) is -1.57. The van der Waals surface area contributed by atoms with E-state index in [1.54, 1.807) is 0 Å². The minimum absolute atomic E-state index is 0.151. The fraction of sp³-hybridized carbons (Fsp3) is 0.400. The molecule has 2 rings (SSSR count). The Balaban J connectivity index is 2.56. The van der Waals surface area contributed by atoms with Crippen molar-refractivity contribution in [3.8, 4) is 0 Å². The summed E-state index contributed by atoms with van der Waals surface area (Å²) in [6, 6.07) is 2.23. The van der Waals surface area contributed by atoms with Gasteiger partial charge in [-0.25, -0.2) is 8.78 Å². The van der Waals surface area contributed by atoms with Crippen molar-refractivity contribution in [2.45, 2.75) is 24.9 Å². The van der Waals surface area contributed by atoms with Crippen LogP contribution in [0.15, 0.2) is 12.1 Å². The molecule has 0 spiro atoms. The predicted molar refractivity (Wildman–Crippen MR) is 49.1 cm³/mol. The van der Waals surface area contributed by atoms with Gasteiger partial charge in [0, 0.05) is 0 Å². The van der Waals surface area contributed by atoms with E-state index in [0.29, 0.717) is 12.8 Å². The van der Waals surface area contributed by atoms with E-state index in [9.17, 15) is 13.9 Å². The SMILES string of the molecule is OC1(c2c(F)ccc(Cl)c2F)CCC1. The molecule has 4 heteroatoms. The van der Waals surface area contributed by atoms with Crippen LogP contribution in [0.25, 0.3) is 0 Å². The highest BCUT2D eigenvalue weighted by Crippen LogP contribution is 2.44. The third kappa shape index (κ3) is 1.31. The van der Waals surface area contributed by atoms with Gasteiger partial charge in [0.15, 0.2) is 5.82 Å². The molecular formula is C10H9ClF2O. The van der Waals surface area contributed by atoms with E-state index in [0.717, 1.165) is 18.6 Å². The summed E-state index contributed by atoms with van der Waals surface area (Å²) < 4.78 is 26.7. The molecule has 0 unspecified atom stereocenters. The Kier molecular flexibility index (Phi) is 2.24. The maximum Gasteiger partial charge on any atom is 0.150 e. The lowest BCUT2D eigenvalue weighted by molar-refractivity contribution is -0.0446. The first-order valence-corrected chi connectivity index (χ1v) is 4.79. The molecule has 0 atom stereocenters. The van der Waals surface area contributed by atoms with Gasteiger partial charge in [-0.15, -0.1) is 0 Å². The summed E-state index contributed by atoms with van der Waals surface area (Å²) in [6.07, 6.45) is 1.56. The van der Waals surface area contributed by atoms with Gasteiger partial charge in [-0.1, -0.05) is 11.6 Å². The first-order valence-electron chi connectivity index (χ1n) is 4.41. The van der Waals surface area contributed by atoms with Gasteiger partial charge in [0.05, 0.1) is 16.2 Å². The van der Waals surface area contributed by atoms with Crippen LogP contribution in [0.4, 0.5) is 8.78 Å². The molecule has 0 aromatic heterocycles. The molecule has 0 aliphatic heterocycles. The maximum absolute atomic E-state index is 13.4. The molecule has 0 radical (unpaired) electrons. The average Bonchev–Trinajstić information content (AvgIpc) is 2.09. The van der Waals surface area contributed by atoms with Crippen LogP contribution in [0.1, 0.15) is 24.8 Å². The summed E-state index contributed by atoms with van der Waals surface area (Å²) in [7, 11) is 0. The number of hydrogen-bond donors (Lipinski definition) is 1. The Morgan fingerprint density at radius 1 is 1.29 bits per heavy atom. The monoisotopic (exact) mass is 218 g/mol. The number of rotatable bonds is 1. The van der Waals surface area contributed by atoms with Crippen molar-refractivity contribution in [1.29, 1.82) is 0 Å². The van der Waals surface area contributed by atoms with E-state index in [-0.39, 0.29) is 10.6 Å². The van der Waals surface area contributed by atoms with Crippen molar-refractivity contribution in [1.82, 2.24) is 0 Å². The molecule has 0 amide bonds. The molecule has 1 saturated carbocycles. The highest BCUT2D eigenvalue weighted by atomic mass is 35.5. The van der Waals surface area contributed by atoms with Gasteiger partial charge in [0.1, 0.15) is 5.82 Å². The Morgan fingerprint density at radius 2 is 1.93 bits per heavy atom. The topological polar surface area (TPSA) is 20.2 Å². The second-order valence-corrected chi connectivity index (χ2v) is 4.01. The summed E-state index contributed by atoms with van der Waals surface area (Å²) in [5, 5.41) is 9.68. The summed E-state index contributed by atoms with van der Waals surface area (Å²) >= 11 is 5.52. The molecule has 1 aromatic carbocycles. The van der Waals surface area contributed by atoms with Crippen LogP contribution in [-0.4, -0.2) is 5.11 Å². The summed E-state index contributed by atoms with van der Waals surface area (Å²) in [4.78, 5) is 0. The lowest BCUT2D eigenvalue weighted by Gasteiger charge is -2.37. The van der Waals surface area contributed by atoms with Crippen molar-refractivity contribution in [3.05, 3.63) is 34.4 Å². The van der Waals surface area contributed by atoms with Crippen LogP contribution in [0.2, 0.25) is 5.02 Å². The fourth-order valence-corrected chi connectivity index (χ4v) is 1.87. The van der Waals surface area contributed by atoms with Gasteiger partial charge in [0.25, 0.3) is 0 Å². The molecule has 1 aromatic rings. The lowest BCUT2D eigenvalue weighted by Crippen LogP contribution is -2.35. The highest BCUT2D eigenvalue weighted by Gasteiger charge is 2.41. The zero-order chi connectivity index (χ0) is 10.3. The van der Waals surface area contributed by atoms with Gasteiger partial charge < -0.3 is 5.11 Å². The Morgan fingerprint density at radius 3 is 2.43 bits per heavy atom. The van der Waals surface area contributed by atoms with E-state index in [1.807, 2.05) is 0 Å². The van der Waals surface area contributed by atoms with Crippen LogP contribution in [0, 0.1) is 11.6 Å². The molecule has 1 aliphatic rings. The quantitative estimate of drug-likeness (QED) is 0.719. The van der Waals surface area contributed by atoms with Crippen molar-refractivity contribution < 1.29 is 13.9 Å². The molecule has 14 heavy (non-hydrogen) atoms. The molecule has 1 nitrogen and oxygen atoms in total. The largest absolute Gasteiger partial charge is 0.385 e. The Labute approximate surface area is 85.3 Å². The van der Waals surface area contributed by atoms with Gasteiger partial charge >= 0.3 is 0 Å². The fourth-order valence-electron chi connectivity index (χ4n) is 1.72. The number of benzene rings is 1. The van der Waals surface area contributed by atoms with Crippen molar-refractivity contribution in [2.75, 3.05) is 0 Å². The van der Waals surface area contributed by atoms with Crippen LogP contribution < -0.4 is 0 Å². The zero-order valence-corrected chi connectivity index (χ0v) is 8.11. The van der Waals surface area contributed by atoms with E-state index < -0.39 is 17.2 Å². The Bertz CT molecular complexity index is 375. The smallest absolute Gasteiger partial charge is 0.150 e. The molecule has 0 saturated heterocycles. The van der Waals surface area contributed by atoms with Gasteiger partial charge in [-0.05, 0) is 31.4 Å². The standard InChI is InChI=1S/C10H9ClF2O/c11-6-2-3-7(12)8(9(6)13)10(14)4-1-5-10/h2-3,14H,1,4-5H2. The first kappa shape index (κ1) is 9.87. The van der Waals surface area contributed by atoms with E-state index in [2.05, 4.69) is 0 Å². The van der Waals surface area contributed by atoms with E-state index in [4.69, 9.17) is 11.6 Å². The van der Waals surface area contributed by atoms with Crippen LogP contribution in [-0.2, 0) is 5.60 Å². The third-order valence-electron chi connectivity index (χ3n) is 2.69. The number of aliphatic hydroxyl groups is 1. The molecule has 1 N–H and O–H groups in total. The van der Waals surface area contributed by atoms with E-state index in [1.165, 1.54) is 0 Å². The van der Waals surface area contributed by atoms with Crippen LogP contribution in [0.5, 0.6) is 0 Å². The van der Waals surface area contributed by atoms with E-state index >= 15 is 0 Å². The normalized spacial score (nSPS) is 19.1. The minimum Gasteiger partial charge on any atom is -0.385 e. The number of hydrogen-bond acceptors (Lipinski definition) is 1. The van der Waals surface area contributed by atoms with Gasteiger partial charge in [0.2, 0.25) is 0 Å². The molecule has 1 aliphatic carbocycles. The number of halogens is 3. The Hall–Kier alpha value is -0.670. The third-order valence-corrected chi connectivity index (χ3v) is 2.98. The molecule has 1 fully saturated rings. The predicted octanol–water partition coefficient (Wildman–Crippen LogP) is 2.99. The molecular weight excluding hydrogens is 210 g/mol. The first-order chi connectivity index (χ1) is 6.54.